The molecule has 0 aliphatic carbocycles. The molecule has 1 saturated heterocycles. The highest BCUT2D eigenvalue weighted by Gasteiger charge is 2.33. The van der Waals surface area contributed by atoms with Gasteiger partial charge in [-0.25, -0.2) is 0 Å². The number of carbonyl (C=O) groups is 1. The maximum Gasteiger partial charge on any atom is 0.401 e. The van der Waals surface area contributed by atoms with E-state index in [1.54, 1.807) is 19.2 Å². The van der Waals surface area contributed by atoms with Gasteiger partial charge in [0.05, 0.1) is 13.2 Å². The molecule has 1 aliphatic rings. The smallest absolute Gasteiger partial charge is 0.380 e. The SMILES string of the molecule is COCc1cccc(C(=O)N[C@@H](C)C2CCN(CC(F)(F)F)CC2)c1. The topological polar surface area (TPSA) is 41.6 Å². The molecule has 1 amide bonds. The Morgan fingerprint density at radius 3 is 2.64 bits per heavy atom. The van der Waals surface area contributed by atoms with E-state index in [0.717, 1.165) is 5.56 Å². The van der Waals surface area contributed by atoms with Crippen molar-refractivity contribution < 1.29 is 22.7 Å². The summed E-state index contributed by atoms with van der Waals surface area (Å²) in [5, 5.41) is 2.98. The summed E-state index contributed by atoms with van der Waals surface area (Å²) in [6, 6.07) is 7.15. The van der Waals surface area contributed by atoms with Crippen molar-refractivity contribution in [2.45, 2.75) is 38.6 Å². The molecular formula is C18H25F3N2O2. The zero-order chi connectivity index (χ0) is 18.4. The number of alkyl halides is 3. The molecule has 0 unspecified atom stereocenters. The Bertz CT molecular complexity index is 570. The molecule has 1 fully saturated rings. The van der Waals surface area contributed by atoms with Gasteiger partial charge < -0.3 is 10.1 Å². The van der Waals surface area contributed by atoms with Crippen LogP contribution in [-0.4, -0.2) is 49.8 Å². The number of rotatable bonds is 6. The first-order valence-corrected chi connectivity index (χ1v) is 8.46. The normalized spacial score (nSPS) is 18.1. The number of halogens is 3. The van der Waals surface area contributed by atoms with Crippen LogP contribution in [0.25, 0.3) is 0 Å². The number of nitrogens with one attached hydrogen (secondary N) is 1. The summed E-state index contributed by atoms with van der Waals surface area (Å²) in [5.74, 6) is 0.0266. The lowest BCUT2D eigenvalue weighted by Gasteiger charge is -2.35. The van der Waals surface area contributed by atoms with E-state index in [4.69, 9.17) is 4.74 Å². The van der Waals surface area contributed by atoms with Crippen LogP contribution < -0.4 is 5.32 Å². The molecule has 1 aromatic rings. The average Bonchev–Trinajstić information content (AvgIpc) is 2.54. The van der Waals surface area contributed by atoms with Crippen molar-refractivity contribution >= 4 is 5.91 Å². The third-order valence-electron chi connectivity index (χ3n) is 4.60. The Hall–Kier alpha value is -1.60. The zero-order valence-corrected chi connectivity index (χ0v) is 14.6. The molecule has 0 radical (unpaired) electrons. The molecule has 0 bridgehead atoms. The average molecular weight is 358 g/mol. The molecule has 4 nitrogen and oxygen atoms in total. The second-order valence-electron chi connectivity index (χ2n) is 6.62. The molecule has 0 aromatic heterocycles. The Kier molecular flexibility index (Phi) is 6.84. The number of ether oxygens (including phenoxy) is 1. The second-order valence-corrected chi connectivity index (χ2v) is 6.62. The third kappa shape index (κ3) is 6.32. The van der Waals surface area contributed by atoms with Gasteiger partial charge in [-0.15, -0.1) is 0 Å². The first-order chi connectivity index (χ1) is 11.8. The predicted octanol–water partition coefficient (Wildman–Crippen LogP) is 3.23. The molecule has 7 heteroatoms. The Morgan fingerprint density at radius 1 is 1.36 bits per heavy atom. The van der Waals surface area contributed by atoms with Crippen molar-refractivity contribution in [3.05, 3.63) is 35.4 Å². The number of amides is 1. The fourth-order valence-corrected chi connectivity index (χ4v) is 3.24. The summed E-state index contributed by atoms with van der Waals surface area (Å²) >= 11 is 0. The van der Waals surface area contributed by atoms with E-state index in [-0.39, 0.29) is 17.9 Å². The van der Waals surface area contributed by atoms with Crippen molar-refractivity contribution in [2.24, 2.45) is 5.92 Å². The monoisotopic (exact) mass is 358 g/mol. The minimum atomic E-state index is -4.15. The number of hydrogen-bond donors (Lipinski definition) is 1. The molecule has 1 aliphatic heterocycles. The fourth-order valence-electron chi connectivity index (χ4n) is 3.24. The van der Waals surface area contributed by atoms with E-state index in [9.17, 15) is 18.0 Å². The van der Waals surface area contributed by atoms with Gasteiger partial charge in [0.2, 0.25) is 0 Å². The van der Waals surface area contributed by atoms with Crippen LogP contribution in [0.2, 0.25) is 0 Å². The minimum absolute atomic E-state index is 0.0772. The molecule has 0 saturated carbocycles. The van der Waals surface area contributed by atoms with Crippen molar-refractivity contribution in [1.29, 1.82) is 0 Å². The number of nitrogens with zero attached hydrogens (tertiary/aromatic N) is 1. The Labute approximate surface area is 146 Å². The standard InChI is InChI=1S/C18H25F3N2O2/c1-13(15-6-8-23(9-7-15)12-18(19,20)21)22-17(24)16-5-3-4-14(10-16)11-25-2/h3-5,10,13,15H,6-9,11-12H2,1-2H3,(H,22,24)/t13-/m0/s1. The molecular weight excluding hydrogens is 333 g/mol. The fraction of sp³-hybridized carbons (Fsp3) is 0.611. The quantitative estimate of drug-likeness (QED) is 0.849. The molecule has 1 heterocycles. The number of hydrogen-bond acceptors (Lipinski definition) is 3. The van der Waals surface area contributed by atoms with Crippen molar-refractivity contribution in [2.75, 3.05) is 26.7 Å². The molecule has 1 N–H and O–H groups in total. The van der Waals surface area contributed by atoms with Crippen LogP contribution >= 0.6 is 0 Å². The maximum atomic E-state index is 12.4. The van der Waals surface area contributed by atoms with Gasteiger partial charge in [-0.3, -0.25) is 9.69 Å². The summed E-state index contributed by atoms with van der Waals surface area (Å²) < 4.78 is 42.4. The third-order valence-corrected chi connectivity index (χ3v) is 4.60. The van der Waals surface area contributed by atoms with Gasteiger partial charge in [-0.2, -0.15) is 13.2 Å². The summed E-state index contributed by atoms with van der Waals surface area (Å²) in [7, 11) is 1.60. The summed E-state index contributed by atoms with van der Waals surface area (Å²) in [6.07, 6.45) is -2.84. The maximum absolute atomic E-state index is 12.4. The van der Waals surface area contributed by atoms with Crippen molar-refractivity contribution in [3.63, 3.8) is 0 Å². The first-order valence-electron chi connectivity index (χ1n) is 8.46. The van der Waals surface area contributed by atoms with Crippen LogP contribution in [0.5, 0.6) is 0 Å². The molecule has 2 rings (SSSR count). The van der Waals surface area contributed by atoms with E-state index in [0.29, 0.717) is 38.1 Å². The number of piperidine rings is 1. The molecule has 140 valence electrons. The van der Waals surface area contributed by atoms with Crippen LogP contribution in [0.4, 0.5) is 13.2 Å². The van der Waals surface area contributed by atoms with E-state index in [1.165, 1.54) is 4.90 Å². The highest BCUT2D eigenvalue weighted by atomic mass is 19.4. The zero-order valence-electron chi connectivity index (χ0n) is 14.6. The Balaban J connectivity index is 1.85. The van der Waals surface area contributed by atoms with Crippen LogP contribution in [0, 0.1) is 5.92 Å². The molecule has 0 spiro atoms. The van der Waals surface area contributed by atoms with Crippen molar-refractivity contribution in [3.8, 4) is 0 Å². The van der Waals surface area contributed by atoms with Gasteiger partial charge >= 0.3 is 6.18 Å². The number of likely N-dealkylation sites (tertiary alicyclic amines) is 1. The highest BCUT2D eigenvalue weighted by Crippen LogP contribution is 2.24. The molecule has 1 aromatic carbocycles. The minimum Gasteiger partial charge on any atom is -0.380 e. The van der Waals surface area contributed by atoms with E-state index >= 15 is 0 Å². The van der Waals surface area contributed by atoms with Gasteiger partial charge in [0.25, 0.3) is 5.91 Å². The number of methoxy groups -OCH3 is 1. The molecule has 25 heavy (non-hydrogen) atoms. The largest absolute Gasteiger partial charge is 0.401 e. The summed E-state index contributed by atoms with van der Waals surface area (Å²) in [6.45, 7) is 2.32. The van der Waals surface area contributed by atoms with Crippen LogP contribution in [0.3, 0.4) is 0 Å². The number of carbonyl (C=O) groups excluding carboxylic acids is 1. The van der Waals surface area contributed by atoms with E-state index < -0.39 is 12.7 Å². The van der Waals surface area contributed by atoms with Gasteiger partial charge in [0.1, 0.15) is 0 Å². The van der Waals surface area contributed by atoms with Crippen molar-refractivity contribution in [1.82, 2.24) is 10.2 Å². The number of benzene rings is 1. The summed E-state index contributed by atoms with van der Waals surface area (Å²) in [5.41, 5.74) is 1.49. The molecule has 1 atom stereocenters. The second kappa shape index (κ2) is 8.67. The van der Waals surface area contributed by atoms with Gasteiger partial charge in [-0.1, -0.05) is 12.1 Å². The lowest BCUT2D eigenvalue weighted by Crippen LogP contribution is -2.46. The van der Waals surface area contributed by atoms with E-state index in [2.05, 4.69) is 5.32 Å². The van der Waals surface area contributed by atoms with Crippen LogP contribution in [-0.2, 0) is 11.3 Å². The highest BCUT2D eigenvalue weighted by molar-refractivity contribution is 5.94. The first kappa shape index (κ1) is 19.7. The Morgan fingerprint density at radius 2 is 2.04 bits per heavy atom. The van der Waals surface area contributed by atoms with Crippen LogP contribution in [0.1, 0.15) is 35.7 Å². The summed E-state index contributed by atoms with van der Waals surface area (Å²) in [4.78, 5) is 13.8. The van der Waals surface area contributed by atoms with Crippen LogP contribution in [0.15, 0.2) is 24.3 Å². The van der Waals surface area contributed by atoms with E-state index in [1.807, 2.05) is 19.1 Å². The predicted molar refractivity (Wildman–Crippen MR) is 89.3 cm³/mol. The van der Waals surface area contributed by atoms with Gasteiger partial charge in [-0.05, 0) is 56.5 Å². The van der Waals surface area contributed by atoms with Gasteiger partial charge in [0.15, 0.2) is 0 Å². The van der Waals surface area contributed by atoms with Gasteiger partial charge in [0, 0.05) is 18.7 Å². The lowest BCUT2D eigenvalue weighted by molar-refractivity contribution is -0.148. The lowest BCUT2D eigenvalue weighted by atomic mass is 9.90.